The van der Waals surface area contributed by atoms with Gasteiger partial charge in [0.2, 0.25) is 0 Å². The van der Waals surface area contributed by atoms with Crippen molar-refractivity contribution in [1.29, 1.82) is 0 Å². The highest BCUT2D eigenvalue weighted by Crippen LogP contribution is 2.36. The van der Waals surface area contributed by atoms with Crippen molar-refractivity contribution >= 4 is 38.0 Å². The Balaban J connectivity index is 1.68. The number of anilines is 1. The molecule has 0 aliphatic rings. The zero-order valence-electron chi connectivity index (χ0n) is 15.2. The van der Waals surface area contributed by atoms with E-state index in [9.17, 15) is 0 Å². The number of hydrogen-bond donors (Lipinski definition) is 0. The molecule has 0 aliphatic heterocycles. The first-order valence-corrected chi connectivity index (χ1v) is 9.12. The Labute approximate surface area is 153 Å². The van der Waals surface area contributed by atoms with Crippen molar-refractivity contribution in [2.45, 2.75) is 6.42 Å². The second kappa shape index (κ2) is 5.74. The maximum absolute atomic E-state index is 2.30. The monoisotopic (exact) mass is 335 g/mol. The predicted molar refractivity (Wildman–Crippen MR) is 114 cm³/mol. The maximum Gasteiger partial charge on any atom is 0.0361 e. The molecule has 0 heterocycles. The summed E-state index contributed by atoms with van der Waals surface area (Å²) in [7, 11) is 4.16. The average Bonchev–Trinajstić information content (AvgIpc) is 2.67. The molecular weight excluding hydrogens is 314 g/mol. The molecular formula is C25H21N. The summed E-state index contributed by atoms with van der Waals surface area (Å²) in [4.78, 5) is 2.14. The van der Waals surface area contributed by atoms with Gasteiger partial charge in [0.05, 0.1) is 0 Å². The van der Waals surface area contributed by atoms with E-state index in [0.29, 0.717) is 0 Å². The molecule has 1 nitrogen and oxygen atoms in total. The molecule has 0 radical (unpaired) electrons. The lowest BCUT2D eigenvalue weighted by molar-refractivity contribution is 1.12. The van der Waals surface area contributed by atoms with Crippen LogP contribution in [0.2, 0.25) is 0 Å². The molecule has 1 heteroatoms. The number of hydrogen-bond acceptors (Lipinski definition) is 1. The van der Waals surface area contributed by atoms with E-state index in [1.165, 1.54) is 49.1 Å². The molecule has 0 unspecified atom stereocenters. The second-order valence-corrected chi connectivity index (χ2v) is 7.32. The van der Waals surface area contributed by atoms with Crippen molar-refractivity contribution in [3.8, 4) is 0 Å². The fourth-order valence-electron chi connectivity index (χ4n) is 4.08. The van der Waals surface area contributed by atoms with Crippen molar-refractivity contribution in [3.05, 3.63) is 90.0 Å². The first-order valence-electron chi connectivity index (χ1n) is 9.12. The molecule has 0 aromatic heterocycles. The Morgan fingerprint density at radius 1 is 0.615 bits per heavy atom. The van der Waals surface area contributed by atoms with Gasteiger partial charge in [-0.25, -0.2) is 0 Å². The highest BCUT2D eigenvalue weighted by molar-refractivity contribution is 6.23. The first-order chi connectivity index (χ1) is 12.7. The number of benzene rings is 5. The van der Waals surface area contributed by atoms with Gasteiger partial charge in [-0.05, 0) is 62.0 Å². The van der Waals surface area contributed by atoms with Gasteiger partial charge in [-0.2, -0.15) is 0 Å². The van der Waals surface area contributed by atoms with E-state index in [1.807, 2.05) is 0 Å². The summed E-state index contributed by atoms with van der Waals surface area (Å²) in [6.07, 6.45) is 0.960. The molecule has 0 atom stereocenters. The van der Waals surface area contributed by atoms with Crippen LogP contribution in [-0.2, 0) is 6.42 Å². The van der Waals surface area contributed by atoms with Gasteiger partial charge in [0.25, 0.3) is 0 Å². The lowest BCUT2D eigenvalue weighted by Gasteiger charge is -2.15. The smallest absolute Gasteiger partial charge is 0.0361 e. The molecule has 0 fully saturated rings. The minimum atomic E-state index is 0.960. The van der Waals surface area contributed by atoms with Gasteiger partial charge in [0.15, 0.2) is 0 Å². The molecule has 0 bridgehead atoms. The van der Waals surface area contributed by atoms with Crippen molar-refractivity contribution in [1.82, 2.24) is 0 Å². The molecule has 5 aromatic rings. The molecule has 126 valence electrons. The minimum Gasteiger partial charge on any atom is -0.378 e. The van der Waals surface area contributed by atoms with Crippen molar-refractivity contribution in [3.63, 3.8) is 0 Å². The largest absolute Gasteiger partial charge is 0.378 e. The molecule has 0 amide bonds. The van der Waals surface area contributed by atoms with Crippen LogP contribution in [0.15, 0.2) is 78.9 Å². The predicted octanol–water partition coefficient (Wildman–Crippen LogP) is 6.24. The van der Waals surface area contributed by atoms with Crippen LogP contribution >= 0.6 is 0 Å². The normalized spacial score (nSPS) is 11.6. The van der Waals surface area contributed by atoms with Crippen LogP contribution < -0.4 is 4.90 Å². The summed E-state index contributed by atoms with van der Waals surface area (Å²) in [5, 5.41) is 8.16. The van der Waals surface area contributed by atoms with Crippen LogP contribution in [-0.4, -0.2) is 14.1 Å². The molecule has 26 heavy (non-hydrogen) atoms. The lowest BCUT2D eigenvalue weighted by Crippen LogP contribution is -2.08. The van der Waals surface area contributed by atoms with Gasteiger partial charge in [-0.3, -0.25) is 0 Å². The van der Waals surface area contributed by atoms with E-state index < -0.39 is 0 Å². The standard InChI is InChI=1S/C25H21N/c1-26(2)22-13-6-17(7-14-22)16-21-11-10-20-9-8-18-4-3-5-19-12-15-23(21)25(20)24(18)19/h3-15H,16H2,1-2H3. The van der Waals surface area contributed by atoms with Gasteiger partial charge < -0.3 is 4.90 Å². The maximum atomic E-state index is 2.30. The highest BCUT2D eigenvalue weighted by Gasteiger charge is 2.11. The van der Waals surface area contributed by atoms with Crippen molar-refractivity contribution in [2.75, 3.05) is 19.0 Å². The van der Waals surface area contributed by atoms with E-state index in [0.717, 1.165) is 6.42 Å². The van der Waals surface area contributed by atoms with Crippen molar-refractivity contribution in [2.24, 2.45) is 0 Å². The summed E-state index contributed by atoms with van der Waals surface area (Å²) in [5.74, 6) is 0. The Hall–Kier alpha value is -3.06. The van der Waals surface area contributed by atoms with E-state index in [-0.39, 0.29) is 0 Å². The topological polar surface area (TPSA) is 3.24 Å². The summed E-state index contributed by atoms with van der Waals surface area (Å²) < 4.78 is 0. The summed E-state index contributed by atoms with van der Waals surface area (Å²) in [5.41, 5.74) is 3.99. The average molecular weight is 335 g/mol. The van der Waals surface area contributed by atoms with E-state index >= 15 is 0 Å². The molecule has 5 aromatic carbocycles. The Bertz CT molecular complexity index is 1200. The quantitative estimate of drug-likeness (QED) is 0.353. The Kier molecular flexibility index (Phi) is 3.36. The Morgan fingerprint density at radius 3 is 1.92 bits per heavy atom. The van der Waals surface area contributed by atoms with Crippen LogP contribution in [0.3, 0.4) is 0 Å². The van der Waals surface area contributed by atoms with E-state index in [4.69, 9.17) is 0 Å². The van der Waals surface area contributed by atoms with E-state index in [2.05, 4.69) is 97.9 Å². The fraction of sp³-hybridized carbons (Fsp3) is 0.120. The SMILES string of the molecule is CN(C)c1ccc(Cc2ccc3ccc4cccc5ccc2c3c45)cc1. The van der Waals surface area contributed by atoms with E-state index in [1.54, 1.807) is 0 Å². The molecule has 0 saturated heterocycles. The molecule has 0 saturated carbocycles. The minimum absolute atomic E-state index is 0.960. The highest BCUT2D eigenvalue weighted by atomic mass is 15.1. The molecule has 5 rings (SSSR count). The number of rotatable bonds is 3. The first kappa shape index (κ1) is 15.2. The Morgan fingerprint density at radius 2 is 1.23 bits per heavy atom. The lowest BCUT2D eigenvalue weighted by atomic mass is 9.90. The van der Waals surface area contributed by atoms with Gasteiger partial charge >= 0.3 is 0 Å². The zero-order chi connectivity index (χ0) is 17.7. The second-order valence-electron chi connectivity index (χ2n) is 7.32. The third kappa shape index (κ3) is 2.32. The third-order valence-corrected chi connectivity index (χ3v) is 5.47. The van der Waals surface area contributed by atoms with Crippen LogP contribution in [0.25, 0.3) is 32.3 Å². The van der Waals surface area contributed by atoms with Crippen LogP contribution in [0.4, 0.5) is 5.69 Å². The fourth-order valence-corrected chi connectivity index (χ4v) is 4.08. The van der Waals surface area contributed by atoms with Crippen LogP contribution in [0.5, 0.6) is 0 Å². The molecule has 0 spiro atoms. The summed E-state index contributed by atoms with van der Waals surface area (Å²) in [6, 6.07) is 29.1. The van der Waals surface area contributed by atoms with Crippen LogP contribution in [0.1, 0.15) is 11.1 Å². The zero-order valence-corrected chi connectivity index (χ0v) is 15.2. The van der Waals surface area contributed by atoms with Gasteiger partial charge in [0.1, 0.15) is 0 Å². The summed E-state index contributed by atoms with van der Waals surface area (Å²) in [6.45, 7) is 0. The number of nitrogens with zero attached hydrogens (tertiary/aromatic N) is 1. The van der Waals surface area contributed by atoms with Gasteiger partial charge in [0, 0.05) is 19.8 Å². The third-order valence-electron chi connectivity index (χ3n) is 5.47. The van der Waals surface area contributed by atoms with Gasteiger partial charge in [-0.1, -0.05) is 66.7 Å². The molecule has 0 N–H and O–H groups in total. The van der Waals surface area contributed by atoms with Gasteiger partial charge in [-0.15, -0.1) is 0 Å². The van der Waals surface area contributed by atoms with Crippen LogP contribution in [0, 0.1) is 0 Å². The molecule has 0 aliphatic carbocycles. The summed E-state index contributed by atoms with van der Waals surface area (Å²) >= 11 is 0. The van der Waals surface area contributed by atoms with Crippen molar-refractivity contribution < 1.29 is 0 Å².